The van der Waals surface area contributed by atoms with Crippen molar-refractivity contribution >= 4 is 23.7 Å². The van der Waals surface area contributed by atoms with Gasteiger partial charge in [-0.05, 0) is 12.8 Å². The van der Waals surface area contributed by atoms with E-state index in [2.05, 4.69) is 16.0 Å². The summed E-state index contributed by atoms with van der Waals surface area (Å²) >= 11 is 0. The molecular weight excluding hydrogens is 320 g/mol. The Morgan fingerprint density at radius 2 is 1.62 bits per heavy atom. The Morgan fingerprint density at radius 3 is 2.08 bits per heavy atom. The normalized spacial score (nSPS) is 15.5. The standard InChI is InChI=1S/C14H26N4O6/c1-4-7(2)11(18-13(23)9(15)6-19)14(24)17-8(3)12(22)16-5-10(20)21/h7-9,11,19H,4-6,15H2,1-3H3,(H,16,22)(H,17,24)(H,18,23)(H,20,21). The molecule has 0 aliphatic rings. The van der Waals surface area contributed by atoms with Gasteiger partial charge in [0.1, 0.15) is 24.7 Å². The van der Waals surface area contributed by atoms with Crippen LogP contribution in [0.3, 0.4) is 0 Å². The molecule has 0 spiro atoms. The molecule has 0 aliphatic carbocycles. The molecule has 0 saturated heterocycles. The van der Waals surface area contributed by atoms with Crippen molar-refractivity contribution in [2.75, 3.05) is 13.2 Å². The molecule has 4 atom stereocenters. The predicted molar refractivity (Wildman–Crippen MR) is 84.7 cm³/mol. The van der Waals surface area contributed by atoms with Crippen molar-refractivity contribution in [2.45, 2.75) is 45.3 Å². The minimum absolute atomic E-state index is 0.242. The van der Waals surface area contributed by atoms with Crippen LogP contribution >= 0.6 is 0 Å². The van der Waals surface area contributed by atoms with Gasteiger partial charge in [-0.3, -0.25) is 19.2 Å². The molecule has 4 unspecified atom stereocenters. The number of hydrogen-bond acceptors (Lipinski definition) is 6. The predicted octanol–water partition coefficient (Wildman–Crippen LogP) is -2.46. The summed E-state index contributed by atoms with van der Waals surface area (Å²) in [6.45, 7) is 3.84. The summed E-state index contributed by atoms with van der Waals surface area (Å²) < 4.78 is 0. The maximum absolute atomic E-state index is 12.3. The van der Waals surface area contributed by atoms with Crippen LogP contribution in [0.2, 0.25) is 0 Å². The van der Waals surface area contributed by atoms with Crippen LogP contribution in [0.1, 0.15) is 27.2 Å². The van der Waals surface area contributed by atoms with Crippen LogP contribution in [0.4, 0.5) is 0 Å². The van der Waals surface area contributed by atoms with Crippen LogP contribution in [0.5, 0.6) is 0 Å². The zero-order valence-corrected chi connectivity index (χ0v) is 14.0. The number of nitrogens with two attached hydrogens (primary N) is 1. The third-order valence-corrected chi connectivity index (χ3v) is 3.49. The summed E-state index contributed by atoms with van der Waals surface area (Å²) in [6, 6.07) is -3.07. The fourth-order valence-corrected chi connectivity index (χ4v) is 1.73. The fraction of sp³-hybridized carbons (Fsp3) is 0.714. The smallest absolute Gasteiger partial charge is 0.322 e. The van der Waals surface area contributed by atoms with E-state index in [-0.39, 0.29) is 5.92 Å². The molecule has 0 radical (unpaired) electrons. The first-order chi connectivity index (χ1) is 11.1. The van der Waals surface area contributed by atoms with E-state index in [0.29, 0.717) is 6.42 Å². The second kappa shape index (κ2) is 10.6. The summed E-state index contributed by atoms with van der Waals surface area (Å²) in [5, 5.41) is 24.4. The van der Waals surface area contributed by atoms with Crippen molar-refractivity contribution in [3.05, 3.63) is 0 Å². The van der Waals surface area contributed by atoms with Crippen molar-refractivity contribution in [3.8, 4) is 0 Å². The van der Waals surface area contributed by atoms with E-state index >= 15 is 0 Å². The fourth-order valence-electron chi connectivity index (χ4n) is 1.73. The van der Waals surface area contributed by atoms with Crippen LogP contribution in [0.15, 0.2) is 0 Å². The zero-order valence-electron chi connectivity index (χ0n) is 14.0. The van der Waals surface area contributed by atoms with E-state index in [1.807, 2.05) is 6.92 Å². The molecule has 10 heteroatoms. The van der Waals surface area contributed by atoms with Gasteiger partial charge < -0.3 is 31.9 Å². The molecule has 10 nitrogen and oxygen atoms in total. The van der Waals surface area contributed by atoms with Crippen molar-refractivity contribution in [1.82, 2.24) is 16.0 Å². The van der Waals surface area contributed by atoms with Gasteiger partial charge in [-0.2, -0.15) is 0 Å². The molecule has 0 rings (SSSR count). The molecule has 0 aromatic heterocycles. The number of carbonyl (C=O) groups excluding carboxylic acids is 3. The average Bonchev–Trinajstić information content (AvgIpc) is 2.55. The molecule has 7 N–H and O–H groups in total. The number of aliphatic hydroxyl groups is 1. The van der Waals surface area contributed by atoms with Gasteiger partial charge >= 0.3 is 5.97 Å². The highest BCUT2D eigenvalue weighted by atomic mass is 16.4. The van der Waals surface area contributed by atoms with Crippen molar-refractivity contribution in [2.24, 2.45) is 11.7 Å². The summed E-state index contributed by atoms with van der Waals surface area (Å²) in [6.07, 6.45) is 0.576. The number of hydrogen-bond donors (Lipinski definition) is 6. The first-order valence-corrected chi connectivity index (χ1v) is 7.60. The lowest BCUT2D eigenvalue weighted by Crippen LogP contribution is -2.57. The van der Waals surface area contributed by atoms with E-state index in [9.17, 15) is 19.2 Å². The lowest BCUT2D eigenvalue weighted by atomic mass is 9.97. The van der Waals surface area contributed by atoms with Crippen molar-refractivity contribution in [1.29, 1.82) is 0 Å². The van der Waals surface area contributed by atoms with Gasteiger partial charge in [-0.1, -0.05) is 20.3 Å². The molecule has 0 saturated carbocycles. The van der Waals surface area contributed by atoms with E-state index in [1.165, 1.54) is 6.92 Å². The topological polar surface area (TPSA) is 171 Å². The van der Waals surface area contributed by atoms with Gasteiger partial charge in [0.2, 0.25) is 17.7 Å². The molecular formula is C14H26N4O6. The van der Waals surface area contributed by atoms with Crippen molar-refractivity contribution in [3.63, 3.8) is 0 Å². The second-order valence-electron chi connectivity index (χ2n) is 5.50. The van der Waals surface area contributed by atoms with Gasteiger partial charge in [-0.15, -0.1) is 0 Å². The molecule has 138 valence electrons. The number of carbonyl (C=O) groups is 4. The lowest BCUT2D eigenvalue weighted by Gasteiger charge is -2.26. The molecule has 24 heavy (non-hydrogen) atoms. The van der Waals surface area contributed by atoms with Crippen LogP contribution in [0.25, 0.3) is 0 Å². The summed E-state index contributed by atoms with van der Waals surface area (Å²) in [4.78, 5) is 46.2. The Bertz CT molecular complexity index is 470. The third kappa shape index (κ3) is 7.38. The number of carboxylic acids is 1. The number of aliphatic carboxylic acids is 1. The van der Waals surface area contributed by atoms with Gasteiger partial charge in [0, 0.05) is 0 Å². The van der Waals surface area contributed by atoms with Gasteiger partial charge in [0.15, 0.2) is 0 Å². The average molecular weight is 346 g/mol. The lowest BCUT2D eigenvalue weighted by molar-refractivity contribution is -0.138. The molecule has 0 aliphatic heterocycles. The number of rotatable bonds is 10. The van der Waals surface area contributed by atoms with Crippen LogP contribution in [-0.2, 0) is 19.2 Å². The summed E-state index contributed by atoms with van der Waals surface area (Å²) in [7, 11) is 0. The highest BCUT2D eigenvalue weighted by Gasteiger charge is 2.29. The third-order valence-electron chi connectivity index (χ3n) is 3.49. The monoisotopic (exact) mass is 346 g/mol. The van der Waals surface area contributed by atoms with E-state index in [0.717, 1.165) is 0 Å². The first-order valence-electron chi connectivity index (χ1n) is 7.60. The number of amides is 3. The number of carboxylic acid groups (broad SMARTS) is 1. The van der Waals surface area contributed by atoms with E-state index in [4.69, 9.17) is 15.9 Å². The molecule has 0 aromatic carbocycles. The largest absolute Gasteiger partial charge is 0.480 e. The number of aliphatic hydroxyl groups excluding tert-OH is 1. The second-order valence-corrected chi connectivity index (χ2v) is 5.50. The molecule has 0 heterocycles. The molecule has 0 aromatic rings. The minimum atomic E-state index is -1.20. The Morgan fingerprint density at radius 1 is 1.04 bits per heavy atom. The van der Waals surface area contributed by atoms with Crippen molar-refractivity contribution < 1.29 is 29.4 Å². The Balaban J connectivity index is 4.84. The molecule has 3 amide bonds. The van der Waals surface area contributed by atoms with Crippen LogP contribution < -0.4 is 21.7 Å². The quantitative estimate of drug-likeness (QED) is 0.255. The zero-order chi connectivity index (χ0) is 18.9. The Hall–Kier alpha value is -2.20. The Labute approximate surface area is 140 Å². The van der Waals surface area contributed by atoms with Gasteiger partial charge in [0.25, 0.3) is 0 Å². The van der Waals surface area contributed by atoms with E-state index in [1.54, 1.807) is 6.92 Å². The van der Waals surface area contributed by atoms with Crippen LogP contribution in [0, 0.1) is 5.92 Å². The Kier molecular flexibility index (Phi) is 9.58. The molecule has 0 fully saturated rings. The van der Waals surface area contributed by atoms with Crippen LogP contribution in [-0.4, -0.2) is 65.2 Å². The molecule has 0 bridgehead atoms. The minimum Gasteiger partial charge on any atom is -0.480 e. The maximum Gasteiger partial charge on any atom is 0.322 e. The summed E-state index contributed by atoms with van der Waals surface area (Å²) in [5.74, 6) is -3.38. The first kappa shape index (κ1) is 21.8. The van der Waals surface area contributed by atoms with E-state index < -0.39 is 55.0 Å². The van der Waals surface area contributed by atoms with Gasteiger partial charge in [0.05, 0.1) is 6.61 Å². The maximum atomic E-state index is 12.3. The highest BCUT2D eigenvalue weighted by molar-refractivity contribution is 5.93. The summed E-state index contributed by atoms with van der Waals surface area (Å²) in [5.41, 5.74) is 5.41. The highest BCUT2D eigenvalue weighted by Crippen LogP contribution is 2.08. The number of nitrogens with one attached hydrogen (secondary N) is 3. The van der Waals surface area contributed by atoms with Gasteiger partial charge in [-0.25, -0.2) is 0 Å². The SMILES string of the molecule is CCC(C)C(NC(=O)C(N)CO)C(=O)NC(C)C(=O)NCC(=O)O.